The number of benzene rings is 1. The lowest BCUT2D eigenvalue weighted by Gasteiger charge is -2.12. The van der Waals surface area contributed by atoms with Crippen molar-refractivity contribution < 1.29 is 33.8 Å². The number of carbonyl (C=O) groups is 5. The maximum Gasteiger partial charge on any atom is 0.341 e. The Bertz CT molecular complexity index is 998. The number of Topliss-reactive ketones (excluding diaryl/α,β-unsaturated/α-hetero) is 1. The number of nitrogens with zero attached hydrogens (tertiary/aromatic N) is 1. The summed E-state index contributed by atoms with van der Waals surface area (Å²) in [5, 5.41) is 16.2. The topological polar surface area (TPSA) is 164 Å². The lowest BCUT2D eigenvalue weighted by atomic mass is 10.1. The SMILES string of the molecule is CC(=O)N[C@H](C=O)Cc1ccncc1.CCC(NC(=O)CNC)C(C)=O.Cc1ccc(OCC(=O)O)cc1. The van der Waals surface area contributed by atoms with Crippen LogP contribution in [0, 0.1) is 6.92 Å². The summed E-state index contributed by atoms with van der Waals surface area (Å²) in [4.78, 5) is 57.2. The van der Waals surface area contributed by atoms with E-state index in [4.69, 9.17) is 9.84 Å². The first-order valence-electron chi connectivity index (χ1n) is 12.0. The Morgan fingerprint density at radius 1 is 1.03 bits per heavy atom. The average molecular weight is 531 g/mol. The first-order chi connectivity index (χ1) is 18.0. The third-order valence-electron chi connectivity index (χ3n) is 4.71. The summed E-state index contributed by atoms with van der Waals surface area (Å²) in [5.74, 6) is -0.712. The summed E-state index contributed by atoms with van der Waals surface area (Å²) >= 11 is 0. The van der Waals surface area contributed by atoms with E-state index in [1.165, 1.54) is 13.8 Å². The molecule has 0 bridgehead atoms. The second-order valence-electron chi connectivity index (χ2n) is 8.17. The van der Waals surface area contributed by atoms with Crippen LogP contribution < -0.4 is 20.7 Å². The molecule has 2 aromatic rings. The van der Waals surface area contributed by atoms with E-state index in [0.717, 1.165) is 17.4 Å². The normalized spacial score (nSPS) is 11.2. The zero-order valence-corrected chi connectivity index (χ0v) is 22.5. The van der Waals surface area contributed by atoms with Crippen molar-refractivity contribution in [2.75, 3.05) is 20.2 Å². The van der Waals surface area contributed by atoms with Crippen molar-refractivity contribution in [1.82, 2.24) is 20.9 Å². The molecular weight excluding hydrogens is 492 g/mol. The minimum absolute atomic E-state index is 0.00181. The molecule has 4 N–H and O–H groups in total. The van der Waals surface area contributed by atoms with Gasteiger partial charge in [0.2, 0.25) is 11.8 Å². The van der Waals surface area contributed by atoms with Gasteiger partial charge in [0, 0.05) is 19.3 Å². The van der Waals surface area contributed by atoms with E-state index in [1.54, 1.807) is 31.6 Å². The fourth-order valence-corrected chi connectivity index (χ4v) is 2.84. The molecule has 0 aliphatic rings. The van der Waals surface area contributed by atoms with Crippen LogP contribution in [0.3, 0.4) is 0 Å². The molecule has 0 radical (unpaired) electrons. The van der Waals surface area contributed by atoms with E-state index in [9.17, 15) is 24.0 Å². The Morgan fingerprint density at radius 2 is 1.63 bits per heavy atom. The second-order valence-corrected chi connectivity index (χ2v) is 8.17. The fraction of sp³-hybridized carbons (Fsp3) is 0.407. The van der Waals surface area contributed by atoms with Crippen LogP contribution in [0.2, 0.25) is 0 Å². The lowest BCUT2D eigenvalue weighted by molar-refractivity contribution is -0.139. The number of nitrogens with one attached hydrogen (secondary N) is 3. The second kappa shape index (κ2) is 20.0. The molecule has 0 aliphatic carbocycles. The predicted octanol–water partition coefficient (Wildman–Crippen LogP) is 1.48. The number of aromatic nitrogens is 1. The van der Waals surface area contributed by atoms with Crippen LogP contribution in [0.15, 0.2) is 48.8 Å². The van der Waals surface area contributed by atoms with Gasteiger partial charge in [-0.25, -0.2) is 4.79 Å². The Balaban J connectivity index is 0.000000543. The first kappa shape index (κ1) is 33.9. The van der Waals surface area contributed by atoms with Crippen LogP contribution in [-0.2, 0) is 30.4 Å². The summed E-state index contributed by atoms with van der Waals surface area (Å²) in [6, 6.07) is 10.1. The van der Waals surface area contributed by atoms with Gasteiger partial charge < -0.3 is 30.6 Å². The number of amides is 2. The number of ketones is 1. The average Bonchev–Trinajstić information content (AvgIpc) is 2.87. The predicted molar refractivity (Wildman–Crippen MR) is 143 cm³/mol. The molecule has 2 atom stereocenters. The number of aryl methyl sites for hydroxylation is 1. The molecular formula is C27H38N4O7. The van der Waals surface area contributed by atoms with Crippen molar-refractivity contribution in [3.05, 3.63) is 59.9 Å². The molecule has 0 spiro atoms. The molecule has 11 nitrogen and oxygen atoms in total. The van der Waals surface area contributed by atoms with E-state index >= 15 is 0 Å². The number of aldehydes is 1. The van der Waals surface area contributed by atoms with E-state index in [2.05, 4.69) is 20.9 Å². The molecule has 2 rings (SSSR count). The molecule has 0 saturated heterocycles. The number of carboxylic acid groups (broad SMARTS) is 1. The van der Waals surface area contributed by atoms with Gasteiger partial charge in [0.1, 0.15) is 12.0 Å². The van der Waals surface area contributed by atoms with Gasteiger partial charge in [0.05, 0.1) is 18.6 Å². The molecule has 0 aliphatic heterocycles. The summed E-state index contributed by atoms with van der Waals surface area (Å²) in [5.41, 5.74) is 2.10. The van der Waals surface area contributed by atoms with Crippen molar-refractivity contribution in [3.63, 3.8) is 0 Å². The van der Waals surface area contributed by atoms with Crippen molar-refractivity contribution in [2.45, 2.75) is 52.6 Å². The van der Waals surface area contributed by atoms with Crippen LogP contribution in [0.1, 0.15) is 38.3 Å². The first-order valence-corrected chi connectivity index (χ1v) is 12.0. The van der Waals surface area contributed by atoms with Gasteiger partial charge in [-0.05, 0) is 63.6 Å². The van der Waals surface area contributed by atoms with Crippen molar-refractivity contribution >= 4 is 29.9 Å². The molecule has 1 unspecified atom stereocenters. The third-order valence-corrected chi connectivity index (χ3v) is 4.71. The highest BCUT2D eigenvalue weighted by molar-refractivity contribution is 5.88. The highest BCUT2D eigenvalue weighted by Gasteiger charge is 2.13. The van der Waals surface area contributed by atoms with Crippen LogP contribution in [0.25, 0.3) is 0 Å². The molecule has 1 aromatic carbocycles. The number of ether oxygens (including phenoxy) is 1. The standard InChI is InChI=1S/C10H12N2O2.C9H10O3.C8H16N2O2/c1-8(14)12-10(7-13)6-9-2-4-11-5-3-9;1-7-2-4-8(5-3-7)12-6-9(10)11;1-4-7(6(2)11)10-8(12)5-9-3/h2-5,7,10H,6H2,1H3,(H,12,14);2-5H,6H2,1H3,(H,10,11);7,9H,4-5H2,1-3H3,(H,10,12)/t10-;;/m0../s1. The van der Waals surface area contributed by atoms with Gasteiger partial charge in [-0.15, -0.1) is 0 Å². The number of pyridine rings is 1. The van der Waals surface area contributed by atoms with Crippen LogP contribution in [0.4, 0.5) is 0 Å². The molecule has 11 heteroatoms. The molecule has 1 heterocycles. The minimum Gasteiger partial charge on any atom is -0.482 e. The zero-order valence-electron chi connectivity index (χ0n) is 22.5. The van der Waals surface area contributed by atoms with Crippen molar-refractivity contribution in [3.8, 4) is 5.75 Å². The van der Waals surface area contributed by atoms with Crippen molar-refractivity contribution in [1.29, 1.82) is 0 Å². The maximum absolute atomic E-state index is 11.0. The Kier molecular flexibility index (Phi) is 17.8. The number of carboxylic acids is 1. The Morgan fingerprint density at radius 3 is 2.08 bits per heavy atom. The fourth-order valence-electron chi connectivity index (χ4n) is 2.84. The smallest absolute Gasteiger partial charge is 0.341 e. The van der Waals surface area contributed by atoms with E-state index < -0.39 is 12.0 Å². The van der Waals surface area contributed by atoms with Crippen LogP contribution in [0.5, 0.6) is 5.75 Å². The number of likely N-dealkylation sites (N-methyl/N-ethyl adjacent to an activating group) is 1. The zero-order chi connectivity index (χ0) is 28.9. The van der Waals surface area contributed by atoms with Crippen LogP contribution in [-0.4, -0.2) is 72.2 Å². The van der Waals surface area contributed by atoms with E-state index in [1.807, 2.05) is 38.1 Å². The largest absolute Gasteiger partial charge is 0.482 e. The van der Waals surface area contributed by atoms with Gasteiger partial charge in [-0.3, -0.25) is 19.4 Å². The third kappa shape index (κ3) is 17.3. The maximum atomic E-state index is 11.0. The molecule has 1 aromatic heterocycles. The van der Waals surface area contributed by atoms with Gasteiger partial charge in [-0.1, -0.05) is 24.6 Å². The summed E-state index contributed by atoms with van der Waals surface area (Å²) < 4.78 is 4.92. The number of carbonyl (C=O) groups excluding carboxylic acids is 4. The Hall–Kier alpha value is -4.12. The number of rotatable bonds is 12. The summed E-state index contributed by atoms with van der Waals surface area (Å²) in [6.45, 7) is 6.66. The molecule has 208 valence electrons. The lowest BCUT2D eigenvalue weighted by Crippen LogP contribution is -2.42. The van der Waals surface area contributed by atoms with Gasteiger partial charge in [-0.2, -0.15) is 0 Å². The molecule has 2 amide bonds. The van der Waals surface area contributed by atoms with Crippen LogP contribution >= 0.6 is 0 Å². The highest BCUT2D eigenvalue weighted by atomic mass is 16.5. The Labute approximate surface area is 223 Å². The summed E-state index contributed by atoms with van der Waals surface area (Å²) in [7, 11) is 1.69. The van der Waals surface area contributed by atoms with Gasteiger partial charge in [0.15, 0.2) is 12.4 Å². The van der Waals surface area contributed by atoms with E-state index in [0.29, 0.717) is 18.6 Å². The van der Waals surface area contributed by atoms with Crippen molar-refractivity contribution in [2.24, 2.45) is 0 Å². The molecule has 38 heavy (non-hydrogen) atoms. The summed E-state index contributed by atoms with van der Waals surface area (Å²) in [6.07, 6.45) is 5.20. The molecule has 0 saturated carbocycles. The monoisotopic (exact) mass is 530 g/mol. The number of aliphatic carboxylic acids is 1. The molecule has 0 fully saturated rings. The van der Waals surface area contributed by atoms with Gasteiger partial charge in [0.25, 0.3) is 0 Å². The van der Waals surface area contributed by atoms with E-state index in [-0.39, 0.29) is 36.8 Å². The number of hydrogen-bond donors (Lipinski definition) is 4. The quantitative estimate of drug-likeness (QED) is 0.298. The number of hydrogen-bond acceptors (Lipinski definition) is 8. The van der Waals surface area contributed by atoms with Gasteiger partial charge >= 0.3 is 5.97 Å². The highest BCUT2D eigenvalue weighted by Crippen LogP contribution is 2.10. The minimum atomic E-state index is -0.962.